The Labute approximate surface area is 119 Å². The van der Waals surface area contributed by atoms with E-state index < -0.39 is 11.8 Å². The molecule has 0 aliphatic carbocycles. The summed E-state index contributed by atoms with van der Waals surface area (Å²) >= 11 is 0. The molecule has 104 valence electrons. The fourth-order valence-electron chi connectivity index (χ4n) is 1.80. The number of aromatic amines is 1. The van der Waals surface area contributed by atoms with Gasteiger partial charge >= 0.3 is 0 Å². The Morgan fingerprint density at radius 3 is 2.52 bits per heavy atom. The normalized spacial score (nSPS) is 10.3. The Bertz CT molecular complexity index is 797. The van der Waals surface area contributed by atoms with Gasteiger partial charge in [0.15, 0.2) is 0 Å². The number of H-pyrrole nitrogens is 1. The van der Waals surface area contributed by atoms with Gasteiger partial charge in [0.25, 0.3) is 11.8 Å². The highest BCUT2D eigenvalue weighted by Gasteiger charge is 2.11. The van der Waals surface area contributed by atoms with Crippen molar-refractivity contribution < 1.29 is 9.59 Å². The summed E-state index contributed by atoms with van der Waals surface area (Å²) in [5.74, 6) is -0.999. The number of nitrogens with zero attached hydrogens (tertiary/aromatic N) is 2. The predicted octanol–water partition coefficient (Wildman–Crippen LogP) is 1.03. The third-order valence-corrected chi connectivity index (χ3v) is 2.83. The van der Waals surface area contributed by atoms with Crippen molar-refractivity contribution in [1.29, 1.82) is 0 Å². The van der Waals surface area contributed by atoms with Crippen LogP contribution >= 0.6 is 0 Å². The van der Waals surface area contributed by atoms with E-state index in [4.69, 9.17) is 0 Å². The van der Waals surface area contributed by atoms with Crippen LogP contribution in [0.2, 0.25) is 0 Å². The number of hydrogen-bond donors (Lipinski definition) is 3. The summed E-state index contributed by atoms with van der Waals surface area (Å²) in [6.07, 6.45) is 3.24. The van der Waals surface area contributed by atoms with Gasteiger partial charge < -0.3 is 4.98 Å². The van der Waals surface area contributed by atoms with Crippen LogP contribution in [0.15, 0.2) is 48.8 Å². The number of pyridine rings is 2. The highest BCUT2D eigenvalue weighted by molar-refractivity contribution is 5.98. The Kier molecular flexibility index (Phi) is 3.30. The minimum absolute atomic E-state index is 0.200. The van der Waals surface area contributed by atoms with Crippen molar-refractivity contribution in [2.45, 2.75) is 0 Å². The number of amides is 2. The fraction of sp³-hybridized carbons (Fsp3) is 0. The summed E-state index contributed by atoms with van der Waals surface area (Å²) in [6, 6.07) is 10.1. The smallest absolute Gasteiger partial charge is 0.288 e. The quantitative estimate of drug-likeness (QED) is 0.611. The van der Waals surface area contributed by atoms with Gasteiger partial charge in [0.2, 0.25) is 0 Å². The lowest BCUT2D eigenvalue weighted by Crippen LogP contribution is -2.42. The highest BCUT2D eigenvalue weighted by Crippen LogP contribution is 2.09. The van der Waals surface area contributed by atoms with Crippen molar-refractivity contribution in [1.82, 2.24) is 25.8 Å². The molecule has 0 saturated heterocycles. The molecule has 3 aromatic heterocycles. The van der Waals surface area contributed by atoms with Gasteiger partial charge in [-0.3, -0.25) is 25.4 Å². The molecule has 0 aliphatic rings. The molecule has 3 heterocycles. The number of carbonyl (C=O) groups is 2. The topological polar surface area (TPSA) is 99.8 Å². The van der Waals surface area contributed by atoms with Crippen molar-refractivity contribution in [2.75, 3.05) is 0 Å². The SMILES string of the molecule is O=C(NNC(=O)c1ccc2cc[nH]c2n1)c1ccccn1. The lowest BCUT2D eigenvalue weighted by molar-refractivity contribution is 0.0841. The van der Waals surface area contributed by atoms with E-state index in [1.165, 1.54) is 6.20 Å². The molecule has 2 amide bonds. The van der Waals surface area contributed by atoms with Gasteiger partial charge in [-0.05, 0) is 30.3 Å². The van der Waals surface area contributed by atoms with Crippen LogP contribution in [-0.2, 0) is 0 Å². The first-order valence-electron chi connectivity index (χ1n) is 6.20. The van der Waals surface area contributed by atoms with Crippen LogP contribution in [0, 0.1) is 0 Å². The molecule has 3 N–H and O–H groups in total. The molecule has 0 fully saturated rings. The van der Waals surface area contributed by atoms with E-state index >= 15 is 0 Å². The van der Waals surface area contributed by atoms with Gasteiger partial charge in [-0.1, -0.05) is 6.07 Å². The largest absolute Gasteiger partial charge is 0.346 e. The molecule has 7 nitrogen and oxygen atoms in total. The zero-order chi connectivity index (χ0) is 14.7. The third-order valence-electron chi connectivity index (χ3n) is 2.83. The average Bonchev–Trinajstić information content (AvgIpc) is 3.00. The second-order valence-electron chi connectivity index (χ2n) is 4.24. The van der Waals surface area contributed by atoms with Gasteiger partial charge in [-0.2, -0.15) is 0 Å². The van der Waals surface area contributed by atoms with Crippen LogP contribution in [0.5, 0.6) is 0 Å². The summed E-state index contributed by atoms with van der Waals surface area (Å²) in [6.45, 7) is 0. The van der Waals surface area contributed by atoms with Crippen LogP contribution in [0.1, 0.15) is 21.0 Å². The summed E-state index contributed by atoms with van der Waals surface area (Å²) in [5, 5.41) is 0.907. The number of rotatable bonds is 2. The lowest BCUT2D eigenvalue weighted by atomic mass is 10.3. The molecule has 0 unspecified atom stereocenters. The highest BCUT2D eigenvalue weighted by atomic mass is 16.2. The Morgan fingerprint density at radius 1 is 0.952 bits per heavy atom. The maximum Gasteiger partial charge on any atom is 0.288 e. The summed E-state index contributed by atoms with van der Waals surface area (Å²) in [7, 11) is 0. The second kappa shape index (κ2) is 5.41. The minimum Gasteiger partial charge on any atom is -0.346 e. The first kappa shape index (κ1) is 12.8. The molecule has 0 saturated carbocycles. The van der Waals surface area contributed by atoms with Crippen LogP contribution < -0.4 is 10.9 Å². The van der Waals surface area contributed by atoms with Crippen LogP contribution in [-0.4, -0.2) is 26.8 Å². The van der Waals surface area contributed by atoms with Crippen molar-refractivity contribution in [3.63, 3.8) is 0 Å². The number of hydrazine groups is 1. The standard InChI is InChI=1S/C14H11N5O2/c20-13(10-3-1-2-7-15-10)18-19-14(21)11-5-4-9-6-8-16-12(9)17-11/h1-8H,(H,16,17)(H,18,20)(H,19,21). The molecule has 7 heteroatoms. The Balaban J connectivity index is 1.67. The Hall–Kier alpha value is -3.22. The van der Waals surface area contributed by atoms with Gasteiger partial charge in [-0.15, -0.1) is 0 Å². The van der Waals surface area contributed by atoms with Crippen molar-refractivity contribution in [3.8, 4) is 0 Å². The lowest BCUT2D eigenvalue weighted by Gasteiger charge is -2.06. The first-order valence-corrected chi connectivity index (χ1v) is 6.20. The van der Waals surface area contributed by atoms with Crippen molar-refractivity contribution in [2.24, 2.45) is 0 Å². The third kappa shape index (κ3) is 2.71. The van der Waals surface area contributed by atoms with E-state index in [9.17, 15) is 9.59 Å². The van der Waals surface area contributed by atoms with E-state index in [0.717, 1.165) is 5.39 Å². The molecule has 0 atom stereocenters. The molecule has 21 heavy (non-hydrogen) atoms. The van der Waals surface area contributed by atoms with Gasteiger partial charge in [-0.25, -0.2) is 4.98 Å². The molecule has 0 bridgehead atoms. The maximum atomic E-state index is 11.9. The zero-order valence-corrected chi connectivity index (χ0v) is 10.8. The van der Waals surface area contributed by atoms with E-state index in [1.807, 2.05) is 6.07 Å². The van der Waals surface area contributed by atoms with E-state index in [-0.39, 0.29) is 11.4 Å². The van der Waals surface area contributed by atoms with E-state index in [2.05, 4.69) is 25.8 Å². The molecule has 0 radical (unpaired) electrons. The molecule has 0 aliphatic heterocycles. The number of aromatic nitrogens is 3. The number of fused-ring (bicyclic) bond motifs is 1. The number of nitrogens with one attached hydrogen (secondary N) is 3. The van der Waals surface area contributed by atoms with Gasteiger partial charge in [0.05, 0.1) is 0 Å². The first-order chi connectivity index (χ1) is 10.2. The molecule has 0 aromatic carbocycles. The van der Waals surface area contributed by atoms with Crippen LogP contribution in [0.3, 0.4) is 0 Å². The molecular formula is C14H11N5O2. The molecular weight excluding hydrogens is 270 g/mol. The van der Waals surface area contributed by atoms with Crippen molar-refractivity contribution >= 4 is 22.8 Å². The number of hydrogen-bond acceptors (Lipinski definition) is 4. The predicted molar refractivity (Wildman–Crippen MR) is 75.3 cm³/mol. The molecule has 3 rings (SSSR count). The number of carbonyl (C=O) groups excluding carboxylic acids is 2. The van der Waals surface area contributed by atoms with Gasteiger partial charge in [0.1, 0.15) is 17.0 Å². The fourth-order valence-corrected chi connectivity index (χ4v) is 1.80. The zero-order valence-electron chi connectivity index (χ0n) is 10.8. The summed E-state index contributed by atoms with van der Waals surface area (Å²) in [4.78, 5) is 34.6. The minimum atomic E-state index is -0.504. The Morgan fingerprint density at radius 2 is 1.76 bits per heavy atom. The monoisotopic (exact) mass is 281 g/mol. The second-order valence-corrected chi connectivity index (χ2v) is 4.24. The van der Waals surface area contributed by atoms with Gasteiger partial charge in [0, 0.05) is 17.8 Å². The van der Waals surface area contributed by atoms with E-state index in [1.54, 1.807) is 36.5 Å². The average molecular weight is 281 g/mol. The van der Waals surface area contributed by atoms with Crippen LogP contribution in [0.25, 0.3) is 11.0 Å². The van der Waals surface area contributed by atoms with Crippen molar-refractivity contribution in [3.05, 3.63) is 60.2 Å². The summed E-state index contributed by atoms with van der Waals surface area (Å²) in [5.41, 5.74) is 5.61. The molecule has 3 aromatic rings. The van der Waals surface area contributed by atoms with E-state index in [0.29, 0.717) is 5.65 Å². The molecule has 0 spiro atoms. The van der Waals surface area contributed by atoms with Crippen LogP contribution in [0.4, 0.5) is 0 Å². The summed E-state index contributed by atoms with van der Waals surface area (Å²) < 4.78 is 0. The maximum absolute atomic E-state index is 11.9.